The molecule has 0 aliphatic carbocycles. The van der Waals surface area contributed by atoms with Gasteiger partial charge in [0.15, 0.2) is 5.71 Å². The van der Waals surface area contributed by atoms with Crippen molar-refractivity contribution < 1.29 is 66.3 Å². The number of esters is 1. The van der Waals surface area contributed by atoms with Gasteiger partial charge in [0.2, 0.25) is 23.4 Å². The van der Waals surface area contributed by atoms with Crippen molar-refractivity contribution in [1.82, 2.24) is 16.0 Å². The summed E-state index contributed by atoms with van der Waals surface area (Å²) in [4.78, 5) is 51.1. The second-order valence-corrected chi connectivity index (χ2v) is 15.4. The number of aromatic hydroxyl groups is 1. The number of nitrogens with zero attached hydrogens (tertiary/aromatic N) is 1. The Kier molecular flexibility index (Phi) is 23.6. The van der Waals surface area contributed by atoms with Gasteiger partial charge in [-0.2, -0.15) is 4.58 Å². The van der Waals surface area contributed by atoms with Crippen molar-refractivity contribution in [2.45, 2.75) is 133 Å². The summed E-state index contributed by atoms with van der Waals surface area (Å²) in [5, 5.41) is 19.2. The fourth-order valence-corrected chi connectivity index (χ4v) is 7.01. The summed E-state index contributed by atoms with van der Waals surface area (Å²) >= 11 is 0. The smallest absolute Gasteiger partial charge is 0.314 e. The van der Waals surface area contributed by atoms with E-state index in [-0.39, 0.29) is 119 Å². The number of hydrogen-bond donors (Lipinski definition) is 4. The number of carbonyl (C=O) groups is 4. The summed E-state index contributed by atoms with van der Waals surface area (Å²) < 4.78 is 8.00. The van der Waals surface area contributed by atoms with Crippen molar-refractivity contribution in [2.75, 3.05) is 13.7 Å². The van der Waals surface area contributed by atoms with Crippen LogP contribution in [0, 0.1) is 23.7 Å². The molecule has 56 heavy (non-hydrogen) atoms. The Morgan fingerprint density at radius 2 is 1.38 bits per heavy atom. The number of hydrogen-bond acceptors (Lipinski definition) is 6. The number of nitrogens with one attached hydrogen (secondary N) is 3. The first-order valence-electron chi connectivity index (χ1n) is 19.4. The number of carbonyl (C=O) groups excluding carboxylic acids is 4. The quantitative estimate of drug-likeness (QED) is 0.0456. The molecule has 10 nitrogen and oxygen atoms in total. The molecule has 2 aromatic rings. The number of ether oxygens (including phenoxy) is 1. The molecule has 0 bridgehead atoms. The molecule has 3 unspecified atom stereocenters. The van der Waals surface area contributed by atoms with Gasteiger partial charge in [-0.15, -0.1) is 0 Å². The predicted molar refractivity (Wildman–Crippen MR) is 225 cm³/mol. The third-order valence-corrected chi connectivity index (χ3v) is 10.3. The summed E-state index contributed by atoms with van der Waals surface area (Å²) in [6.45, 7) is 15.9. The third-order valence-electron chi connectivity index (χ3n) is 10.3. The Bertz CT molecular complexity index is 1650. The summed E-state index contributed by atoms with van der Waals surface area (Å²) in [6, 6.07) is 13.1. The minimum atomic E-state index is -0.344. The van der Waals surface area contributed by atoms with Gasteiger partial charge in [0.25, 0.3) is 0 Å². The van der Waals surface area contributed by atoms with Crippen LogP contribution in [0.2, 0.25) is 0 Å². The number of amides is 3. The Morgan fingerprint density at radius 3 is 1.95 bits per heavy atom. The van der Waals surface area contributed by atoms with Gasteiger partial charge < -0.3 is 25.8 Å². The van der Waals surface area contributed by atoms with Gasteiger partial charge in [0.05, 0.1) is 18.0 Å². The zero-order valence-corrected chi connectivity index (χ0v) is 36.8. The molecule has 4 N–H and O–H groups in total. The van der Waals surface area contributed by atoms with Crippen LogP contribution in [-0.2, 0) is 57.3 Å². The Labute approximate surface area is 363 Å². The van der Waals surface area contributed by atoms with Crippen LogP contribution in [0.4, 0.5) is 5.69 Å². The summed E-state index contributed by atoms with van der Waals surface area (Å²) in [6.07, 6.45) is 8.97. The molecule has 0 aromatic heterocycles. The molecule has 3 rings (SSSR count). The van der Waals surface area contributed by atoms with E-state index in [2.05, 4.69) is 46.5 Å². The molecule has 0 saturated heterocycles. The second-order valence-electron chi connectivity index (χ2n) is 15.4. The van der Waals surface area contributed by atoms with E-state index in [1.807, 2.05) is 59.0 Å². The Morgan fingerprint density at radius 1 is 0.804 bits per heavy atom. The van der Waals surface area contributed by atoms with Crippen molar-refractivity contribution in [3.63, 3.8) is 0 Å². The van der Waals surface area contributed by atoms with Gasteiger partial charge in [-0.25, -0.2) is 0 Å². The fourth-order valence-electron chi connectivity index (χ4n) is 7.01. The summed E-state index contributed by atoms with van der Waals surface area (Å²) in [7, 11) is 2.04. The fraction of sp³-hybridized carbons (Fsp3) is 0.578. The van der Waals surface area contributed by atoms with Crippen LogP contribution >= 0.6 is 0 Å². The second kappa shape index (κ2) is 25.1. The monoisotopic (exact) mass is 852 g/mol. The standard InChI is InChI=1S/C43H62N4O6.2CH4.Y/c1-10-30(40(50)45-27-44-39(49)28(3)4)16-14-18-32(41(51)46-29(5)6)19-15-17-31(11-2)42(52)53-34-23-24-37(48)33(26-34)22-25-38-43(7,8)35-20-12-13-21-36(35)47(38)9;;;/h12-13,20-26,28-32H,10-11,14-19,27H2,1-9H3,(H3,44,45,46,49,50,51);2*1H4;/p+1. The van der Waals surface area contributed by atoms with Gasteiger partial charge in [-0.1, -0.05) is 73.6 Å². The minimum Gasteiger partial charge on any atom is -0.507 e. The molecular weight excluding hydrogens is 781 g/mol. The van der Waals surface area contributed by atoms with Crippen LogP contribution in [0.3, 0.4) is 0 Å². The van der Waals surface area contributed by atoms with Gasteiger partial charge in [0, 0.05) is 79.8 Å². The number of allylic oxidation sites excluding steroid dienone is 1. The maximum Gasteiger partial charge on any atom is 0.314 e. The van der Waals surface area contributed by atoms with Crippen LogP contribution in [0.1, 0.15) is 133 Å². The van der Waals surface area contributed by atoms with E-state index in [1.54, 1.807) is 32.0 Å². The number of fused-ring (bicyclic) bond motifs is 1. The molecule has 1 aliphatic heterocycles. The predicted octanol–water partition coefficient (Wildman–Crippen LogP) is 8.67. The van der Waals surface area contributed by atoms with Gasteiger partial charge in [-0.05, 0) is 90.5 Å². The molecule has 309 valence electrons. The van der Waals surface area contributed by atoms with Crippen LogP contribution in [0.25, 0.3) is 6.08 Å². The van der Waals surface area contributed by atoms with Gasteiger partial charge in [-0.3, -0.25) is 19.2 Å². The van der Waals surface area contributed by atoms with Crippen LogP contribution < -0.4 is 20.7 Å². The topological polar surface area (TPSA) is 137 Å². The third kappa shape index (κ3) is 14.9. The van der Waals surface area contributed by atoms with E-state index in [1.165, 1.54) is 5.56 Å². The number of rotatable bonds is 20. The molecule has 0 saturated carbocycles. The first-order valence-corrected chi connectivity index (χ1v) is 19.4. The number of benzene rings is 2. The first-order chi connectivity index (χ1) is 25.1. The van der Waals surface area contributed by atoms with Crippen LogP contribution in [0.15, 0.2) is 48.5 Å². The van der Waals surface area contributed by atoms with E-state index < -0.39 is 0 Å². The SMILES string of the molecule is C.C.CCC(CCCC(CCCC(CC)C(=O)Oc1ccc(O)c(/C=C\C2=[N+](C)c3ccccc3C2(C)C)c1)C(=O)NC(C)C)C(=O)NCNC(=O)C(C)C.[Y]. The van der Waals surface area contributed by atoms with E-state index in [9.17, 15) is 24.3 Å². The molecule has 3 atom stereocenters. The zero-order valence-electron chi connectivity index (χ0n) is 34.0. The van der Waals surface area contributed by atoms with Crippen molar-refractivity contribution in [3.8, 4) is 11.5 Å². The Hall–Kier alpha value is -3.37. The molecule has 1 heterocycles. The van der Waals surface area contributed by atoms with E-state index >= 15 is 0 Å². The van der Waals surface area contributed by atoms with E-state index in [0.717, 1.165) is 11.4 Å². The molecule has 1 radical (unpaired) electrons. The zero-order chi connectivity index (χ0) is 39.3. The molecule has 3 amide bonds. The molecular formula is C45H71N4O6Y+. The average molecular weight is 853 g/mol. The maximum atomic E-state index is 13.4. The van der Waals surface area contributed by atoms with Gasteiger partial charge in [0.1, 0.15) is 18.5 Å². The summed E-state index contributed by atoms with van der Waals surface area (Å²) in [5.74, 6) is -1.05. The molecule has 0 spiro atoms. The average Bonchev–Trinajstić information content (AvgIpc) is 3.30. The van der Waals surface area contributed by atoms with Crippen LogP contribution in [-0.4, -0.2) is 58.8 Å². The van der Waals surface area contributed by atoms with Crippen molar-refractivity contribution in [1.29, 1.82) is 0 Å². The van der Waals surface area contributed by atoms with Crippen LogP contribution in [0.5, 0.6) is 11.5 Å². The number of phenolic OH excluding ortho intramolecular Hbond substituents is 1. The molecule has 2 aromatic carbocycles. The molecule has 0 fully saturated rings. The van der Waals surface area contributed by atoms with E-state index in [4.69, 9.17) is 4.74 Å². The van der Waals surface area contributed by atoms with Crippen molar-refractivity contribution in [3.05, 3.63) is 59.7 Å². The van der Waals surface area contributed by atoms with Crippen molar-refractivity contribution in [2.24, 2.45) is 23.7 Å². The minimum absolute atomic E-state index is 0. The molecule has 1 aliphatic rings. The Balaban J connectivity index is 0.0000101. The normalized spacial score (nSPS) is 14.5. The number of para-hydroxylation sites is 1. The van der Waals surface area contributed by atoms with Crippen molar-refractivity contribution >= 4 is 41.2 Å². The van der Waals surface area contributed by atoms with Gasteiger partial charge >= 0.3 is 5.97 Å². The first kappa shape index (κ1) is 52.6. The maximum absolute atomic E-state index is 13.4. The summed E-state index contributed by atoms with van der Waals surface area (Å²) in [5.41, 5.74) is 3.81. The number of phenols is 1. The molecule has 11 heteroatoms. The largest absolute Gasteiger partial charge is 0.507 e. The van der Waals surface area contributed by atoms with E-state index in [0.29, 0.717) is 62.7 Å².